The largest absolute Gasteiger partial charge is 0.461 e. The molecule has 0 saturated heterocycles. The van der Waals surface area contributed by atoms with E-state index in [0.717, 1.165) is 19.3 Å². The first kappa shape index (κ1) is 39.9. The van der Waals surface area contributed by atoms with Crippen LogP contribution in [0.25, 0.3) is 0 Å². The molecule has 0 radical (unpaired) electrons. The van der Waals surface area contributed by atoms with E-state index >= 15 is 4.79 Å². The van der Waals surface area contributed by atoms with Gasteiger partial charge < -0.3 is 24.4 Å². The summed E-state index contributed by atoms with van der Waals surface area (Å²) < 4.78 is 17.5. The zero-order chi connectivity index (χ0) is 36.0. The first-order valence-electron chi connectivity index (χ1n) is 18.3. The number of carbonyl (C=O) groups excluding carboxylic acids is 4. The second kappa shape index (κ2) is 16.5. The van der Waals surface area contributed by atoms with Crippen LogP contribution in [-0.4, -0.2) is 64.4 Å². The topological polar surface area (TPSA) is 136 Å². The summed E-state index contributed by atoms with van der Waals surface area (Å²) in [5, 5.41) is 24.9. The van der Waals surface area contributed by atoms with Gasteiger partial charge in [0.2, 0.25) is 0 Å². The summed E-state index contributed by atoms with van der Waals surface area (Å²) in [5.41, 5.74) is -4.15. The number of fused-ring (bicyclic) bond motifs is 1. The number of ketones is 1. The van der Waals surface area contributed by atoms with Gasteiger partial charge in [0, 0.05) is 18.8 Å². The van der Waals surface area contributed by atoms with Gasteiger partial charge in [0.15, 0.2) is 17.5 Å². The number of esters is 3. The van der Waals surface area contributed by atoms with E-state index in [1.165, 1.54) is 45.1 Å². The van der Waals surface area contributed by atoms with Crippen LogP contribution >= 0.6 is 0 Å². The lowest BCUT2D eigenvalue weighted by Gasteiger charge is -2.48. The third-order valence-corrected chi connectivity index (χ3v) is 11.3. The zero-order valence-electron chi connectivity index (χ0n) is 30.9. The number of ether oxygens (including phenoxy) is 3. The molecular formula is C39H62O9. The Balaban J connectivity index is 1.97. The van der Waals surface area contributed by atoms with Gasteiger partial charge in [-0.1, -0.05) is 112 Å². The fourth-order valence-corrected chi connectivity index (χ4v) is 8.27. The lowest BCUT2D eigenvalue weighted by molar-refractivity contribution is -0.205. The molecule has 272 valence electrons. The van der Waals surface area contributed by atoms with Gasteiger partial charge in [0.25, 0.3) is 0 Å². The Hall–Kier alpha value is -2.52. The maximum Gasteiger partial charge on any atom is 0.309 e. The van der Waals surface area contributed by atoms with E-state index in [1.54, 1.807) is 19.9 Å². The fourth-order valence-electron chi connectivity index (χ4n) is 8.27. The summed E-state index contributed by atoms with van der Waals surface area (Å²) in [5.74, 6) is -4.12. The predicted octanol–water partition coefficient (Wildman–Crippen LogP) is 6.82. The molecule has 1 fully saturated rings. The summed E-state index contributed by atoms with van der Waals surface area (Å²) in [6.45, 7) is 16.0. The second-order valence-corrected chi connectivity index (χ2v) is 15.8. The molecule has 1 spiro atoms. The molecule has 3 rings (SSSR count). The van der Waals surface area contributed by atoms with E-state index in [-0.39, 0.29) is 17.9 Å². The number of hydrogen-bond donors (Lipinski definition) is 2. The Morgan fingerprint density at radius 2 is 1.56 bits per heavy atom. The van der Waals surface area contributed by atoms with Crippen molar-refractivity contribution in [3.63, 3.8) is 0 Å². The van der Waals surface area contributed by atoms with Crippen molar-refractivity contribution in [2.24, 2.45) is 34.5 Å². The van der Waals surface area contributed by atoms with E-state index in [2.05, 4.69) is 6.92 Å². The van der Waals surface area contributed by atoms with Crippen LogP contribution in [0, 0.1) is 34.5 Å². The van der Waals surface area contributed by atoms with Crippen LogP contribution in [0.15, 0.2) is 23.3 Å². The average molecular weight is 675 g/mol. The number of hydrogen-bond acceptors (Lipinski definition) is 9. The number of unbranched alkanes of at least 4 members (excludes halogenated alkanes) is 8. The molecule has 3 aliphatic rings. The molecule has 3 aliphatic carbocycles. The van der Waals surface area contributed by atoms with Crippen LogP contribution in [0.2, 0.25) is 0 Å². The van der Waals surface area contributed by atoms with Crippen molar-refractivity contribution < 1.29 is 43.6 Å². The number of rotatable bonds is 16. The van der Waals surface area contributed by atoms with Crippen LogP contribution in [-0.2, 0) is 33.4 Å². The van der Waals surface area contributed by atoms with Crippen LogP contribution in [0.5, 0.6) is 0 Å². The molecule has 0 aromatic heterocycles. The lowest BCUT2D eigenvalue weighted by Crippen LogP contribution is -2.66. The molecule has 1 saturated carbocycles. The molecule has 1 unspecified atom stereocenters. The summed E-state index contributed by atoms with van der Waals surface area (Å²) in [7, 11) is 0. The minimum atomic E-state index is -2.30. The quantitative estimate of drug-likeness (QED) is 0.0783. The monoisotopic (exact) mass is 674 g/mol. The third kappa shape index (κ3) is 8.09. The van der Waals surface area contributed by atoms with Crippen LogP contribution in [0.3, 0.4) is 0 Å². The molecular weight excluding hydrogens is 612 g/mol. The normalized spacial score (nSPS) is 31.6. The summed E-state index contributed by atoms with van der Waals surface area (Å²) in [4.78, 5) is 53.6. The van der Waals surface area contributed by atoms with Crippen molar-refractivity contribution in [1.29, 1.82) is 0 Å². The highest BCUT2D eigenvalue weighted by molar-refractivity contribution is 5.95. The number of Topliss-reactive ketones (excluding diaryl/α,β-unsaturated/α-hetero) is 1. The van der Waals surface area contributed by atoms with Gasteiger partial charge in [0.05, 0.1) is 17.3 Å². The molecule has 0 heterocycles. The minimum Gasteiger partial charge on any atom is -0.461 e. The van der Waals surface area contributed by atoms with Gasteiger partial charge in [-0.3, -0.25) is 19.2 Å². The average Bonchev–Trinajstić information content (AvgIpc) is 3.18. The third-order valence-electron chi connectivity index (χ3n) is 11.3. The minimum absolute atomic E-state index is 0.0418. The van der Waals surface area contributed by atoms with Gasteiger partial charge >= 0.3 is 17.9 Å². The van der Waals surface area contributed by atoms with Crippen molar-refractivity contribution in [1.82, 2.24) is 0 Å². The Kier molecular flexibility index (Phi) is 13.7. The highest BCUT2D eigenvalue weighted by Crippen LogP contribution is 2.62. The first-order chi connectivity index (χ1) is 22.4. The first-order valence-corrected chi connectivity index (χ1v) is 18.3. The van der Waals surface area contributed by atoms with Crippen molar-refractivity contribution in [2.45, 2.75) is 157 Å². The van der Waals surface area contributed by atoms with Crippen LogP contribution in [0.4, 0.5) is 0 Å². The number of aliphatic hydroxyl groups is 2. The Bertz CT molecular complexity index is 1230. The smallest absolute Gasteiger partial charge is 0.309 e. The maximum atomic E-state index is 15.0. The molecule has 0 aromatic rings. The summed E-state index contributed by atoms with van der Waals surface area (Å²) >= 11 is 0. The van der Waals surface area contributed by atoms with Crippen molar-refractivity contribution >= 4 is 23.7 Å². The number of aliphatic hydroxyl groups excluding tert-OH is 1. The molecule has 2 N–H and O–H groups in total. The highest BCUT2D eigenvalue weighted by atomic mass is 16.6. The standard InChI is InChI=1S/C39H62O9/c1-10-11-12-13-14-15-16-17-18-19-31(41)47-35-30-20-29(23-46-28(7)40)32(42)39(45)34(48-36(44)27(6)24(2)3)25(4)21-38(39,33(30)43)26(5)22-37(35,8)9/h20-21,24,26-27,30,32,34-35,42,45H,10-19,22-23H2,1-9H3/t26-,27?,30-,32-,34+,35-,38+,39+/m1/s1. The van der Waals surface area contributed by atoms with Gasteiger partial charge in [0.1, 0.15) is 18.8 Å². The van der Waals surface area contributed by atoms with E-state index in [1.807, 2.05) is 34.6 Å². The van der Waals surface area contributed by atoms with E-state index in [4.69, 9.17) is 14.2 Å². The lowest BCUT2D eigenvalue weighted by atomic mass is 9.59. The molecule has 2 bridgehead atoms. The van der Waals surface area contributed by atoms with E-state index in [9.17, 15) is 24.6 Å². The molecule has 9 nitrogen and oxygen atoms in total. The van der Waals surface area contributed by atoms with Crippen LogP contribution in [0.1, 0.15) is 133 Å². The van der Waals surface area contributed by atoms with Gasteiger partial charge in [-0.2, -0.15) is 0 Å². The van der Waals surface area contributed by atoms with Crippen LogP contribution < -0.4 is 0 Å². The fraction of sp³-hybridized carbons (Fsp3) is 0.795. The van der Waals surface area contributed by atoms with Crippen molar-refractivity contribution in [3.8, 4) is 0 Å². The molecule has 0 aromatic carbocycles. The summed E-state index contributed by atoms with van der Waals surface area (Å²) in [6, 6.07) is 0. The molecule has 8 atom stereocenters. The Morgan fingerprint density at radius 1 is 0.979 bits per heavy atom. The maximum absolute atomic E-state index is 15.0. The molecule has 0 aliphatic heterocycles. The van der Waals surface area contributed by atoms with Gasteiger partial charge in [-0.25, -0.2) is 0 Å². The Morgan fingerprint density at radius 3 is 2.12 bits per heavy atom. The number of carbonyl (C=O) groups is 4. The van der Waals surface area contributed by atoms with Gasteiger partial charge in [-0.05, 0) is 42.7 Å². The van der Waals surface area contributed by atoms with Crippen molar-refractivity contribution in [2.75, 3.05) is 6.61 Å². The molecule has 48 heavy (non-hydrogen) atoms. The van der Waals surface area contributed by atoms with Crippen molar-refractivity contribution in [3.05, 3.63) is 23.3 Å². The predicted molar refractivity (Wildman–Crippen MR) is 184 cm³/mol. The molecule has 0 amide bonds. The zero-order valence-corrected chi connectivity index (χ0v) is 30.9. The Labute approximate surface area is 288 Å². The molecule has 9 heteroatoms. The highest BCUT2D eigenvalue weighted by Gasteiger charge is 2.73. The SMILES string of the molecule is CCCCCCCCCCCC(=O)O[C@@H]1[C@@H]2C=C(COC(C)=O)[C@@H](O)[C@]3(O)[C@@H](OC(=O)C(C)C(C)C)C(C)=C[C@@]3(C2=O)[C@H](C)CC1(C)C. The summed E-state index contributed by atoms with van der Waals surface area (Å²) in [6.07, 6.45) is 9.84. The second-order valence-electron chi connectivity index (χ2n) is 15.8. The van der Waals surface area contributed by atoms with E-state index in [0.29, 0.717) is 18.4 Å². The van der Waals surface area contributed by atoms with E-state index < -0.39 is 82.8 Å². The van der Waals surface area contributed by atoms with Gasteiger partial charge in [-0.15, -0.1) is 0 Å².